The van der Waals surface area contributed by atoms with E-state index >= 15 is 0 Å². The van der Waals surface area contributed by atoms with Crippen LogP contribution in [0.5, 0.6) is 0 Å². The molecule has 1 aliphatic rings. The molecule has 0 bridgehead atoms. The van der Waals surface area contributed by atoms with Crippen molar-refractivity contribution >= 4 is 49.9 Å². The Hall–Kier alpha value is -1.84. The molecule has 0 radical (unpaired) electrons. The van der Waals surface area contributed by atoms with E-state index in [0.29, 0.717) is 6.42 Å². The van der Waals surface area contributed by atoms with Crippen molar-refractivity contribution in [3.05, 3.63) is 57.6 Å². The first-order chi connectivity index (χ1) is 13.6. The molecular formula is C21H20Cl2N4S. The monoisotopic (exact) mass is 430 g/mol. The summed E-state index contributed by atoms with van der Waals surface area (Å²) in [6.07, 6.45) is 1.49. The SMILES string of the molecule is N#CCc1ccc(Cl)c(CN2CCCN(c3nc4ccc(Cl)cc4s3)CC2)c1. The zero-order chi connectivity index (χ0) is 19.5. The number of halogens is 2. The van der Waals surface area contributed by atoms with E-state index in [1.165, 1.54) is 0 Å². The smallest absolute Gasteiger partial charge is 0.186 e. The normalized spacial score (nSPS) is 15.5. The van der Waals surface area contributed by atoms with Crippen LogP contribution in [0.3, 0.4) is 0 Å². The van der Waals surface area contributed by atoms with Gasteiger partial charge in [-0.15, -0.1) is 0 Å². The minimum Gasteiger partial charge on any atom is -0.347 e. The molecule has 3 aromatic rings. The summed E-state index contributed by atoms with van der Waals surface area (Å²) < 4.78 is 1.13. The van der Waals surface area contributed by atoms with Crippen LogP contribution in [0.1, 0.15) is 17.5 Å². The number of hydrogen-bond acceptors (Lipinski definition) is 5. The first-order valence-electron chi connectivity index (χ1n) is 9.30. The molecule has 0 spiro atoms. The van der Waals surface area contributed by atoms with Crippen LogP contribution in [-0.2, 0) is 13.0 Å². The Morgan fingerprint density at radius 3 is 2.82 bits per heavy atom. The van der Waals surface area contributed by atoms with E-state index in [1.807, 2.05) is 30.3 Å². The summed E-state index contributed by atoms with van der Waals surface area (Å²) in [5, 5.41) is 11.5. The van der Waals surface area contributed by atoms with Crippen molar-refractivity contribution in [3.63, 3.8) is 0 Å². The van der Waals surface area contributed by atoms with E-state index in [0.717, 1.165) is 75.7 Å². The van der Waals surface area contributed by atoms with Gasteiger partial charge in [-0.05, 0) is 41.8 Å². The zero-order valence-corrected chi connectivity index (χ0v) is 17.7. The standard InChI is InChI=1S/C21H20Cl2N4S/c22-17-3-5-19-20(13-17)28-21(25-19)27-9-1-8-26(10-11-27)14-16-12-15(6-7-24)2-4-18(16)23/h2-5,12-13H,1,6,8-11,14H2. The van der Waals surface area contributed by atoms with Gasteiger partial charge < -0.3 is 4.90 Å². The summed E-state index contributed by atoms with van der Waals surface area (Å²) >= 11 is 14.2. The lowest BCUT2D eigenvalue weighted by atomic mass is 10.1. The predicted molar refractivity (Wildman–Crippen MR) is 118 cm³/mol. The molecule has 1 aliphatic heterocycles. The van der Waals surface area contributed by atoms with Gasteiger partial charge in [-0.25, -0.2) is 4.98 Å². The highest BCUT2D eigenvalue weighted by atomic mass is 35.5. The van der Waals surface area contributed by atoms with Gasteiger partial charge in [0.1, 0.15) is 0 Å². The lowest BCUT2D eigenvalue weighted by molar-refractivity contribution is 0.285. The molecule has 28 heavy (non-hydrogen) atoms. The minimum atomic E-state index is 0.416. The number of hydrogen-bond donors (Lipinski definition) is 0. The summed E-state index contributed by atoms with van der Waals surface area (Å²) in [7, 11) is 0. The van der Waals surface area contributed by atoms with Crippen molar-refractivity contribution in [2.75, 3.05) is 31.1 Å². The maximum absolute atomic E-state index is 8.93. The van der Waals surface area contributed by atoms with Crippen LogP contribution >= 0.6 is 34.5 Å². The van der Waals surface area contributed by atoms with E-state index < -0.39 is 0 Å². The van der Waals surface area contributed by atoms with Crippen LogP contribution in [0.25, 0.3) is 10.2 Å². The maximum Gasteiger partial charge on any atom is 0.186 e. The van der Waals surface area contributed by atoms with Gasteiger partial charge in [-0.2, -0.15) is 5.26 Å². The molecule has 0 amide bonds. The Labute approximate surface area is 178 Å². The quantitative estimate of drug-likeness (QED) is 0.556. The maximum atomic E-state index is 8.93. The fraction of sp³-hybridized carbons (Fsp3) is 0.333. The number of anilines is 1. The summed E-state index contributed by atoms with van der Waals surface area (Å²) in [6, 6.07) is 14.0. The van der Waals surface area contributed by atoms with Crippen LogP contribution in [0.2, 0.25) is 10.0 Å². The molecule has 0 aliphatic carbocycles. The number of thiazole rings is 1. The summed E-state index contributed by atoms with van der Waals surface area (Å²) in [4.78, 5) is 9.59. The van der Waals surface area contributed by atoms with Gasteiger partial charge in [0.15, 0.2) is 5.13 Å². The molecule has 0 N–H and O–H groups in total. The molecule has 1 aromatic heterocycles. The van der Waals surface area contributed by atoms with Gasteiger partial charge in [0.2, 0.25) is 0 Å². The van der Waals surface area contributed by atoms with Gasteiger partial charge >= 0.3 is 0 Å². The van der Waals surface area contributed by atoms with Crippen molar-refractivity contribution in [3.8, 4) is 6.07 Å². The zero-order valence-electron chi connectivity index (χ0n) is 15.4. The van der Waals surface area contributed by atoms with Gasteiger partial charge in [0.05, 0.1) is 22.7 Å². The molecule has 0 saturated carbocycles. The molecule has 7 heteroatoms. The van der Waals surface area contributed by atoms with Crippen molar-refractivity contribution in [1.29, 1.82) is 5.26 Å². The van der Waals surface area contributed by atoms with E-state index in [2.05, 4.69) is 21.9 Å². The first kappa shape index (κ1) is 19.5. The lowest BCUT2D eigenvalue weighted by Gasteiger charge is -2.22. The van der Waals surface area contributed by atoms with Gasteiger partial charge in [-0.3, -0.25) is 4.90 Å². The minimum absolute atomic E-state index is 0.416. The second-order valence-electron chi connectivity index (χ2n) is 6.99. The average Bonchev–Trinajstić information content (AvgIpc) is 2.95. The van der Waals surface area contributed by atoms with Crippen LogP contribution in [0.4, 0.5) is 5.13 Å². The number of nitrogens with zero attached hydrogens (tertiary/aromatic N) is 4. The van der Waals surface area contributed by atoms with Crippen molar-refractivity contribution in [2.24, 2.45) is 0 Å². The van der Waals surface area contributed by atoms with Crippen molar-refractivity contribution in [2.45, 2.75) is 19.4 Å². The Morgan fingerprint density at radius 2 is 1.96 bits per heavy atom. The van der Waals surface area contributed by atoms with Crippen LogP contribution in [0.15, 0.2) is 36.4 Å². The van der Waals surface area contributed by atoms with Gasteiger partial charge in [0.25, 0.3) is 0 Å². The van der Waals surface area contributed by atoms with Crippen LogP contribution in [-0.4, -0.2) is 36.1 Å². The lowest BCUT2D eigenvalue weighted by Crippen LogP contribution is -2.30. The summed E-state index contributed by atoms with van der Waals surface area (Å²) in [6.45, 7) is 4.71. The second kappa shape index (κ2) is 8.67. The molecule has 0 unspecified atom stereocenters. The average molecular weight is 431 g/mol. The largest absolute Gasteiger partial charge is 0.347 e. The predicted octanol–water partition coefficient (Wildman–Crippen LogP) is 5.38. The topological polar surface area (TPSA) is 43.2 Å². The van der Waals surface area contributed by atoms with E-state index in [-0.39, 0.29) is 0 Å². The van der Waals surface area contributed by atoms with Crippen LogP contribution < -0.4 is 4.90 Å². The molecule has 4 nitrogen and oxygen atoms in total. The molecule has 144 valence electrons. The Morgan fingerprint density at radius 1 is 1.07 bits per heavy atom. The fourth-order valence-electron chi connectivity index (χ4n) is 3.53. The molecule has 0 atom stereocenters. The number of rotatable bonds is 4. The molecule has 4 rings (SSSR count). The first-order valence-corrected chi connectivity index (χ1v) is 10.9. The van der Waals surface area contributed by atoms with Gasteiger partial charge in [-0.1, -0.05) is 46.7 Å². The van der Waals surface area contributed by atoms with Crippen molar-refractivity contribution in [1.82, 2.24) is 9.88 Å². The van der Waals surface area contributed by atoms with Gasteiger partial charge in [0, 0.05) is 42.8 Å². The third kappa shape index (κ3) is 4.42. The highest BCUT2D eigenvalue weighted by molar-refractivity contribution is 7.22. The van der Waals surface area contributed by atoms with E-state index in [4.69, 9.17) is 33.4 Å². The van der Waals surface area contributed by atoms with E-state index in [9.17, 15) is 0 Å². The molecule has 2 heterocycles. The number of fused-ring (bicyclic) bond motifs is 1. The fourth-order valence-corrected chi connectivity index (χ4v) is 5.00. The number of aromatic nitrogens is 1. The van der Waals surface area contributed by atoms with Crippen LogP contribution in [0, 0.1) is 11.3 Å². The third-order valence-corrected chi connectivity index (χ3v) is 6.67. The highest BCUT2D eigenvalue weighted by Crippen LogP contribution is 2.31. The molecular weight excluding hydrogens is 411 g/mol. The summed E-state index contributed by atoms with van der Waals surface area (Å²) in [5.41, 5.74) is 3.12. The second-order valence-corrected chi connectivity index (χ2v) is 8.84. The number of nitriles is 1. The molecule has 1 saturated heterocycles. The van der Waals surface area contributed by atoms with Crippen molar-refractivity contribution < 1.29 is 0 Å². The molecule has 2 aromatic carbocycles. The highest BCUT2D eigenvalue weighted by Gasteiger charge is 2.19. The Bertz CT molecular complexity index is 1030. The Kier molecular flexibility index (Phi) is 6.03. The number of benzene rings is 2. The molecule has 1 fully saturated rings. The Balaban J connectivity index is 1.45. The summed E-state index contributed by atoms with van der Waals surface area (Å²) in [5.74, 6) is 0. The van der Waals surface area contributed by atoms with E-state index in [1.54, 1.807) is 11.3 Å². The third-order valence-electron chi connectivity index (χ3n) is 4.99.